The topological polar surface area (TPSA) is 22.3 Å². The number of nitrogens with one attached hydrogen (secondary N) is 1. The number of aromatic nitrogens is 1. The highest BCUT2D eigenvalue weighted by atomic mass is 15.3. The van der Waals surface area contributed by atoms with Gasteiger partial charge in [0.2, 0.25) is 0 Å². The van der Waals surface area contributed by atoms with Crippen LogP contribution in [0.15, 0.2) is 60.8 Å². The highest BCUT2D eigenvalue weighted by Gasteiger charge is 2.17. The van der Waals surface area contributed by atoms with Crippen molar-refractivity contribution in [2.45, 2.75) is 6.42 Å². The standard InChI is InChI=1S/C20H23N3/c1-2-4-17(5-3-1)9-11-22-12-14-23(15-13-22)19-6-7-20-18(16-19)8-10-21-20/h1-8,10,16,21H,9,11-15H2. The lowest BCUT2D eigenvalue weighted by Crippen LogP contribution is -2.47. The predicted octanol–water partition coefficient (Wildman–Crippen LogP) is 3.53. The Labute approximate surface area is 137 Å². The second-order valence-electron chi connectivity index (χ2n) is 6.31. The maximum absolute atomic E-state index is 3.26. The van der Waals surface area contributed by atoms with Crippen LogP contribution in [0.2, 0.25) is 0 Å². The summed E-state index contributed by atoms with van der Waals surface area (Å²) in [5, 5.41) is 1.30. The molecule has 1 aliphatic rings. The third kappa shape index (κ3) is 3.25. The van der Waals surface area contributed by atoms with Crippen molar-refractivity contribution >= 4 is 16.6 Å². The number of piperazine rings is 1. The molecule has 0 unspecified atom stereocenters. The van der Waals surface area contributed by atoms with E-state index in [0.29, 0.717) is 0 Å². The lowest BCUT2D eigenvalue weighted by molar-refractivity contribution is 0.261. The average Bonchev–Trinajstić information content (AvgIpc) is 3.09. The fraction of sp³-hybridized carbons (Fsp3) is 0.300. The van der Waals surface area contributed by atoms with E-state index >= 15 is 0 Å². The molecule has 0 saturated carbocycles. The van der Waals surface area contributed by atoms with Crippen molar-refractivity contribution in [2.75, 3.05) is 37.6 Å². The molecule has 1 aliphatic heterocycles. The Hall–Kier alpha value is -2.26. The van der Waals surface area contributed by atoms with Gasteiger partial charge in [0.05, 0.1) is 0 Å². The van der Waals surface area contributed by atoms with Crippen LogP contribution in [0, 0.1) is 0 Å². The molecule has 0 radical (unpaired) electrons. The molecule has 4 rings (SSSR count). The van der Waals surface area contributed by atoms with E-state index in [4.69, 9.17) is 0 Å². The second-order valence-corrected chi connectivity index (χ2v) is 6.31. The number of hydrogen-bond donors (Lipinski definition) is 1. The number of fused-ring (bicyclic) bond motifs is 1. The van der Waals surface area contributed by atoms with Crippen LogP contribution in [0.1, 0.15) is 5.56 Å². The van der Waals surface area contributed by atoms with Gasteiger partial charge in [0.15, 0.2) is 0 Å². The van der Waals surface area contributed by atoms with Crippen LogP contribution in [0.25, 0.3) is 10.9 Å². The molecular formula is C20H23N3. The summed E-state index contributed by atoms with van der Waals surface area (Å²) in [6, 6.07) is 19.7. The number of anilines is 1. The molecule has 3 nitrogen and oxygen atoms in total. The molecule has 23 heavy (non-hydrogen) atoms. The average molecular weight is 305 g/mol. The quantitative estimate of drug-likeness (QED) is 0.796. The Balaban J connectivity index is 1.33. The van der Waals surface area contributed by atoms with Crippen molar-refractivity contribution in [1.29, 1.82) is 0 Å². The first-order chi connectivity index (χ1) is 11.4. The third-order valence-electron chi connectivity index (χ3n) is 4.83. The van der Waals surface area contributed by atoms with Crippen LogP contribution >= 0.6 is 0 Å². The van der Waals surface area contributed by atoms with Crippen molar-refractivity contribution in [3.8, 4) is 0 Å². The van der Waals surface area contributed by atoms with Gasteiger partial charge in [-0.25, -0.2) is 0 Å². The monoisotopic (exact) mass is 305 g/mol. The highest BCUT2D eigenvalue weighted by molar-refractivity contribution is 5.83. The van der Waals surface area contributed by atoms with Crippen LogP contribution in [-0.4, -0.2) is 42.6 Å². The van der Waals surface area contributed by atoms with E-state index in [2.05, 4.69) is 69.4 Å². The maximum atomic E-state index is 3.26. The van der Waals surface area contributed by atoms with Crippen LogP contribution in [0.4, 0.5) is 5.69 Å². The molecule has 3 aromatic rings. The summed E-state index contributed by atoms with van der Waals surface area (Å²) in [5.41, 5.74) is 4.00. The smallest absolute Gasteiger partial charge is 0.0455 e. The van der Waals surface area contributed by atoms with E-state index < -0.39 is 0 Å². The largest absolute Gasteiger partial charge is 0.369 e. The lowest BCUT2D eigenvalue weighted by Gasteiger charge is -2.36. The molecule has 1 N–H and O–H groups in total. The molecule has 1 aromatic heterocycles. The Morgan fingerprint density at radius 3 is 2.52 bits per heavy atom. The number of rotatable bonds is 4. The van der Waals surface area contributed by atoms with Gasteiger partial charge in [0.25, 0.3) is 0 Å². The molecule has 1 saturated heterocycles. The zero-order valence-corrected chi connectivity index (χ0v) is 13.4. The Kier molecular flexibility index (Phi) is 4.03. The van der Waals surface area contributed by atoms with Crippen molar-refractivity contribution in [1.82, 2.24) is 9.88 Å². The van der Waals surface area contributed by atoms with E-state index in [1.807, 2.05) is 6.20 Å². The second kappa shape index (κ2) is 6.47. The SMILES string of the molecule is c1ccc(CCN2CCN(c3ccc4[nH]ccc4c3)CC2)cc1. The van der Waals surface area contributed by atoms with Gasteiger partial charge in [0, 0.05) is 55.5 Å². The molecule has 0 aliphatic carbocycles. The Morgan fingerprint density at radius 2 is 1.70 bits per heavy atom. The number of aromatic amines is 1. The molecule has 2 heterocycles. The van der Waals surface area contributed by atoms with Gasteiger partial charge in [-0.3, -0.25) is 4.90 Å². The minimum atomic E-state index is 1.12. The summed E-state index contributed by atoms with van der Waals surface area (Å²) in [6.45, 7) is 5.69. The normalized spacial score (nSPS) is 16.1. The summed E-state index contributed by atoms with van der Waals surface area (Å²) in [4.78, 5) is 8.35. The summed E-state index contributed by atoms with van der Waals surface area (Å²) < 4.78 is 0. The minimum Gasteiger partial charge on any atom is -0.369 e. The van der Waals surface area contributed by atoms with Gasteiger partial charge in [-0.15, -0.1) is 0 Å². The molecule has 1 fully saturated rings. The van der Waals surface area contributed by atoms with Crippen LogP contribution < -0.4 is 4.90 Å². The summed E-state index contributed by atoms with van der Waals surface area (Å²) in [7, 11) is 0. The predicted molar refractivity (Wildman–Crippen MR) is 97.1 cm³/mol. The molecule has 118 valence electrons. The fourth-order valence-corrected chi connectivity index (χ4v) is 3.40. The van der Waals surface area contributed by atoms with E-state index in [0.717, 1.165) is 39.1 Å². The highest BCUT2D eigenvalue weighted by Crippen LogP contribution is 2.22. The van der Waals surface area contributed by atoms with Gasteiger partial charge in [-0.1, -0.05) is 30.3 Å². The van der Waals surface area contributed by atoms with Crippen LogP contribution in [-0.2, 0) is 6.42 Å². The Bertz CT molecular complexity index is 755. The summed E-state index contributed by atoms with van der Waals surface area (Å²) >= 11 is 0. The molecule has 0 amide bonds. The van der Waals surface area contributed by atoms with Gasteiger partial charge in [0.1, 0.15) is 0 Å². The van der Waals surface area contributed by atoms with Gasteiger partial charge in [-0.2, -0.15) is 0 Å². The Morgan fingerprint density at radius 1 is 0.870 bits per heavy atom. The maximum Gasteiger partial charge on any atom is 0.0455 e. The summed E-state index contributed by atoms with van der Waals surface area (Å²) in [5.74, 6) is 0. The molecule has 3 heteroatoms. The summed E-state index contributed by atoms with van der Waals surface area (Å²) in [6.07, 6.45) is 3.16. The molecule has 0 bridgehead atoms. The zero-order valence-electron chi connectivity index (χ0n) is 13.4. The van der Waals surface area contributed by atoms with E-state index in [9.17, 15) is 0 Å². The van der Waals surface area contributed by atoms with Crippen molar-refractivity contribution in [3.63, 3.8) is 0 Å². The van der Waals surface area contributed by atoms with Crippen LogP contribution in [0.3, 0.4) is 0 Å². The van der Waals surface area contributed by atoms with Crippen molar-refractivity contribution in [3.05, 3.63) is 66.4 Å². The first kappa shape index (κ1) is 14.3. The van der Waals surface area contributed by atoms with Gasteiger partial charge < -0.3 is 9.88 Å². The third-order valence-corrected chi connectivity index (χ3v) is 4.83. The van der Waals surface area contributed by atoms with E-state index in [1.54, 1.807) is 0 Å². The molecule has 0 atom stereocenters. The van der Waals surface area contributed by atoms with Gasteiger partial charge >= 0.3 is 0 Å². The molecule has 2 aromatic carbocycles. The minimum absolute atomic E-state index is 1.12. The fourth-order valence-electron chi connectivity index (χ4n) is 3.40. The van der Waals surface area contributed by atoms with Crippen molar-refractivity contribution in [2.24, 2.45) is 0 Å². The van der Waals surface area contributed by atoms with E-state index in [-0.39, 0.29) is 0 Å². The van der Waals surface area contributed by atoms with Crippen molar-refractivity contribution < 1.29 is 0 Å². The lowest BCUT2D eigenvalue weighted by atomic mass is 10.1. The number of benzene rings is 2. The first-order valence-corrected chi connectivity index (χ1v) is 8.47. The molecular weight excluding hydrogens is 282 g/mol. The first-order valence-electron chi connectivity index (χ1n) is 8.47. The molecule has 0 spiro atoms. The van der Waals surface area contributed by atoms with Crippen LogP contribution in [0.5, 0.6) is 0 Å². The number of hydrogen-bond acceptors (Lipinski definition) is 2. The zero-order chi connectivity index (χ0) is 15.5. The number of nitrogens with zero attached hydrogens (tertiary/aromatic N) is 2. The number of H-pyrrole nitrogens is 1. The van der Waals surface area contributed by atoms with E-state index in [1.165, 1.54) is 22.2 Å². The van der Waals surface area contributed by atoms with Gasteiger partial charge in [-0.05, 0) is 36.2 Å².